The number of hydrogen-bond acceptors (Lipinski definition) is 5. The van der Waals surface area contributed by atoms with Gasteiger partial charge in [0.1, 0.15) is 5.82 Å². The standard InChI is InChI=1S/C21H21ClFN3O5S/c1-14(27)25-10-12-26(13-11-25)21(29)20(24-19(28)15-2-4-16(22)5-3-15)32(30,31)18-8-6-17(23)7-9-18/h2-9,20H,10-13H2,1H3,(H,24,28)/t20-/m1/s1. The van der Waals surface area contributed by atoms with E-state index in [1.165, 1.54) is 36.1 Å². The second-order valence-electron chi connectivity index (χ2n) is 7.19. The van der Waals surface area contributed by atoms with Crippen LogP contribution < -0.4 is 5.32 Å². The summed E-state index contributed by atoms with van der Waals surface area (Å²) in [6.45, 7) is 2.13. The van der Waals surface area contributed by atoms with Gasteiger partial charge in [0.05, 0.1) is 4.90 Å². The van der Waals surface area contributed by atoms with Crippen LogP contribution >= 0.6 is 11.6 Å². The summed E-state index contributed by atoms with van der Waals surface area (Å²) in [4.78, 5) is 40.0. The summed E-state index contributed by atoms with van der Waals surface area (Å²) in [6, 6.07) is 9.71. The Kier molecular flexibility index (Phi) is 7.15. The van der Waals surface area contributed by atoms with Crippen molar-refractivity contribution in [3.05, 3.63) is 64.9 Å². The molecule has 2 aromatic rings. The van der Waals surface area contributed by atoms with Crippen LogP contribution in [0.3, 0.4) is 0 Å². The molecule has 1 aliphatic heterocycles. The Labute approximate surface area is 189 Å². The van der Waals surface area contributed by atoms with Crippen molar-refractivity contribution in [2.45, 2.75) is 17.2 Å². The molecule has 1 fully saturated rings. The molecule has 1 N–H and O–H groups in total. The lowest BCUT2D eigenvalue weighted by atomic mass is 10.2. The molecule has 0 spiro atoms. The predicted molar refractivity (Wildman–Crippen MR) is 115 cm³/mol. The molecule has 1 aliphatic rings. The van der Waals surface area contributed by atoms with E-state index in [4.69, 9.17) is 11.6 Å². The quantitative estimate of drug-likeness (QED) is 0.655. The summed E-state index contributed by atoms with van der Waals surface area (Å²) in [5, 5.41) is 0.757. The molecule has 0 saturated carbocycles. The maximum atomic E-state index is 13.3. The molecule has 32 heavy (non-hydrogen) atoms. The van der Waals surface area contributed by atoms with Gasteiger partial charge < -0.3 is 15.1 Å². The summed E-state index contributed by atoms with van der Waals surface area (Å²) < 4.78 is 39.8. The van der Waals surface area contributed by atoms with Gasteiger partial charge in [-0.3, -0.25) is 14.4 Å². The van der Waals surface area contributed by atoms with Crippen LogP contribution in [-0.4, -0.2) is 67.5 Å². The molecule has 170 valence electrons. The number of benzene rings is 2. The number of piperazine rings is 1. The van der Waals surface area contributed by atoms with Crippen molar-refractivity contribution in [1.29, 1.82) is 0 Å². The highest BCUT2D eigenvalue weighted by Crippen LogP contribution is 2.19. The van der Waals surface area contributed by atoms with Crippen molar-refractivity contribution >= 4 is 39.2 Å². The fourth-order valence-electron chi connectivity index (χ4n) is 3.24. The fraction of sp³-hybridized carbons (Fsp3) is 0.286. The van der Waals surface area contributed by atoms with Crippen molar-refractivity contribution in [2.24, 2.45) is 0 Å². The number of carbonyl (C=O) groups excluding carboxylic acids is 3. The lowest BCUT2D eigenvalue weighted by Crippen LogP contribution is -2.57. The molecule has 11 heteroatoms. The van der Waals surface area contributed by atoms with E-state index in [0.29, 0.717) is 5.02 Å². The molecule has 1 atom stereocenters. The monoisotopic (exact) mass is 481 g/mol. The molecule has 1 heterocycles. The van der Waals surface area contributed by atoms with E-state index < -0.39 is 32.8 Å². The van der Waals surface area contributed by atoms with Crippen molar-refractivity contribution in [2.75, 3.05) is 26.2 Å². The average molecular weight is 482 g/mol. The molecule has 2 aromatic carbocycles. The first-order valence-electron chi connectivity index (χ1n) is 9.70. The van der Waals surface area contributed by atoms with Crippen LogP contribution in [0.4, 0.5) is 4.39 Å². The summed E-state index contributed by atoms with van der Waals surface area (Å²) in [5.41, 5.74) is 0.114. The van der Waals surface area contributed by atoms with Crippen LogP contribution in [0.15, 0.2) is 53.4 Å². The summed E-state index contributed by atoms with van der Waals surface area (Å²) in [5.74, 6) is -2.41. The molecular weight excluding hydrogens is 461 g/mol. The van der Waals surface area contributed by atoms with Crippen molar-refractivity contribution < 1.29 is 27.2 Å². The van der Waals surface area contributed by atoms with Crippen LogP contribution in [-0.2, 0) is 19.4 Å². The van der Waals surface area contributed by atoms with Gasteiger partial charge in [0.15, 0.2) is 0 Å². The Morgan fingerprint density at radius 3 is 2.00 bits per heavy atom. The van der Waals surface area contributed by atoms with Crippen LogP contribution in [0, 0.1) is 5.82 Å². The van der Waals surface area contributed by atoms with Crippen LogP contribution in [0.2, 0.25) is 5.02 Å². The summed E-state index contributed by atoms with van der Waals surface area (Å²) in [7, 11) is -4.40. The SMILES string of the molecule is CC(=O)N1CCN(C(=O)[C@H](NC(=O)c2ccc(Cl)cc2)S(=O)(=O)c2ccc(F)cc2)CC1. The van der Waals surface area contributed by atoms with Gasteiger partial charge in [-0.2, -0.15) is 0 Å². The molecule has 0 aliphatic carbocycles. The van der Waals surface area contributed by atoms with Crippen LogP contribution in [0.1, 0.15) is 17.3 Å². The summed E-state index contributed by atoms with van der Waals surface area (Å²) in [6.07, 6.45) is 0. The summed E-state index contributed by atoms with van der Waals surface area (Å²) >= 11 is 5.83. The third-order valence-corrected chi connectivity index (χ3v) is 7.20. The molecule has 8 nitrogen and oxygen atoms in total. The third kappa shape index (κ3) is 5.25. The lowest BCUT2D eigenvalue weighted by Gasteiger charge is -2.36. The van der Waals surface area contributed by atoms with E-state index in [0.717, 1.165) is 24.3 Å². The second-order valence-corrected chi connectivity index (χ2v) is 9.66. The van der Waals surface area contributed by atoms with E-state index in [1.807, 2.05) is 0 Å². The first-order chi connectivity index (χ1) is 15.1. The minimum atomic E-state index is -4.40. The molecular formula is C21H21ClFN3O5S. The van der Waals surface area contributed by atoms with Gasteiger partial charge in [0.2, 0.25) is 21.1 Å². The van der Waals surface area contributed by atoms with E-state index in [2.05, 4.69) is 5.32 Å². The van der Waals surface area contributed by atoms with Crippen molar-refractivity contribution in [3.8, 4) is 0 Å². The molecule has 0 aromatic heterocycles. The number of amides is 3. The van der Waals surface area contributed by atoms with Crippen molar-refractivity contribution in [1.82, 2.24) is 15.1 Å². The molecule has 3 amide bonds. The van der Waals surface area contributed by atoms with E-state index in [1.54, 1.807) is 4.90 Å². The Morgan fingerprint density at radius 2 is 1.47 bits per heavy atom. The molecule has 3 rings (SSSR count). The van der Waals surface area contributed by atoms with Crippen LogP contribution in [0.5, 0.6) is 0 Å². The Bertz CT molecular complexity index is 1120. The van der Waals surface area contributed by atoms with Gasteiger partial charge >= 0.3 is 0 Å². The fourth-order valence-corrected chi connectivity index (χ4v) is 4.83. The van der Waals surface area contributed by atoms with Gasteiger partial charge in [-0.05, 0) is 48.5 Å². The smallest absolute Gasteiger partial charge is 0.261 e. The highest BCUT2D eigenvalue weighted by atomic mass is 35.5. The molecule has 0 bridgehead atoms. The second kappa shape index (κ2) is 9.66. The Hall–Kier alpha value is -2.98. The first kappa shape index (κ1) is 23.7. The number of halogens is 2. The topological polar surface area (TPSA) is 104 Å². The number of hydrogen-bond donors (Lipinski definition) is 1. The normalized spacial score (nSPS) is 15.2. The van der Waals surface area contributed by atoms with Gasteiger partial charge in [0, 0.05) is 43.7 Å². The molecule has 1 saturated heterocycles. The van der Waals surface area contributed by atoms with E-state index in [-0.39, 0.29) is 42.5 Å². The average Bonchev–Trinajstić information content (AvgIpc) is 2.77. The Balaban J connectivity index is 1.90. The number of sulfone groups is 1. The number of carbonyl (C=O) groups is 3. The zero-order valence-corrected chi connectivity index (χ0v) is 18.7. The zero-order valence-electron chi connectivity index (χ0n) is 17.1. The lowest BCUT2D eigenvalue weighted by molar-refractivity contribution is -0.138. The van der Waals surface area contributed by atoms with E-state index in [9.17, 15) is 27.2 Å². The first-order valence-corrected chi connectivity index (χ1v) is 11.6. The van der Waals surface area contributed by atoms with E-state index >= 15 is 0 Å². The zero-order chi connectivity index (χ0) is 23.5. The molecule has 0 radical (unpaired) electrons. The highest BCUT2D eigenvalue weighted by Gasteiger charge is 2.39. The predicted octanol–water partition coefficient (Wildman–Crippen LogP) is 1.70. The number of nitrogens with one attached hydrogen (secondary N) is 1. The van der Waals surface area contributed by atoms with Crippen molar-refractivity contribution in [3.63, 3.8) is 0 Å². The van der Waals surface area contributed by atoms with Gasteiger partial charge in [-0.15, -0.1) is 0 Å². The van der Waals surface area contributed by atoms with Gasteiger partial charge in [-0.25, -0.2) is 12.8 Å². The van der Waals surface area contributed by atoms with Crippen LogP contribution in [0.25, 0.3) is 0 Å². The number of rotatable bonds is 5. The third-order valence-electron chi connectivity index (χ3n) is 5.08. The van der Waals surface area contributed by atoms with Gasteiger partial charge in [-0.1, -0.05) is 11.6 Å². The number of nitrogens with zero attached hydrogens (tertiary/aromatic N) is 2. The maximum absolute atomic E-state index is 13.3. The minimum Gasteiger partial charge on any atom is -0.339 e. The largest absolute Gasteiger partial charge is 0.339 e. The molecule has 0 unspecified atom stereocenters. The minimum absolute atomic E-state index is 0.114. The Morgan fingerprint density at radius 1 is 0.938 bits per heavy atom. The highest BCUT2D eigenvalue weighted by molar-refractivity contribution is 7.92. The van der Waals surface area contributed by atoms with Gasteiger partial charge in [0.25, 0.3) is 11.8 Å². The maximum Gasteiger partial charge on any atom is 0.261 e.